The summed E-state index contributed by atoms with van der Waals surface area (Å²) in [6, 6.07) is 4.63. The average molecular weight is 415 g/mol. The zero-order valence-electron chi connectivity index (χ0n) is 20.4. The molecule has 0 N–H and O–H groups in total. The van der Waals surface area contributed by atoms with Crippen LogP contribution < -0.4 is 9.47 Å². The minimum absolute atomic E-state index is 0.146. The summed E-state index contributed by atoms with van der Waals surface area (Å²) in [7, 11) is 3.67. The zero-order valence-corrected chi connectivity index (χ0v) is 20.4. The van der Waals surface area contributed by atoms with Gasteiger partial charge in [0.1, 0.15) is 11.5 Å². The highest BCUT2D eigenvalue weighted by Crippen LogP contribution is 2.48. The highest BCUT2D eigenvalue weighted by Gasteiger charge is 2.32. The summed E-state index contributed by atoms with van der Waals surface area (Å²) in [5, 5.41) is 0. The van der Waals surface area contributed by atoms with Gasteiger partial charge < -0.3 is 9.47 Å². The molecule has 30 heavy (non-hydrogen) atoms. The van der Waals surface area contributed by atoms with Gasteiger partial charge in [0.15, 0.2) is 0 Å². The van der Waals surface area contributed by atoms with Gasteiger partial charge in [-0.15, -0.1) is 0 Å². The fraction of sp³-hybridized carbons (Fsp3) is 0.786. The summed E-state index contributed by atoms with van der Waals surface area (Å²) in [4.78, 5) is 0. The fourth-order valence-electron chi connectivity index (χ4n) is 6.18. The van der Waals surface area contributed by atoms with Crippen molar-refractivity contribution in [1.29, 1.82) is 0 Å². The van der Waals surface area contributed by atoms with E-state index in [-0.39, 0.29) is 5.41 Å². The SMILES string of the molecule is CCCCCC(C)(C)c1cc(OC)c(C2CCC(C3CCCCC3)CC2)c(OC)c1. The topological polar surface area (TPSA) is 18.5 Å². The van der Waals surface area contributed by atoms with Gasteiger partial charge in [-0.25, -0.2) is 0 Å². The van der Waals surface area contributed by atoms with Crippen molar-refractivity contribution in [3.05, 3.63) is 23.3 Å². The molecule has 2 saturated carbocycles. The first-order valence-corrected chi connectivity index (χ1v) is 12.8. The quantitative estimate of drug-likeness (QED) is 0.377. The highest BCUT2D eigenvalue weighted by atomic mass is 16.5. The lowest BCUT2D eigenvalue weighted by atomic mass is 9.69. The van der Waals surface area contributed by atoms with Gasteiger partial charge in [-0.2, -0.15) is 0 Å². The van der Waals surface area contributed by atoms with Crippen LogP contribution in [0.4, 0.5) is 0 Å². The average Bonchev–Trinajstić information content (AvgIpc) is 2.79. The van der Waals surface area contributed by atoms with Gasteiger partial charge in [0.2, 0.25) is 0 Å². The van der Waals surface area contributed by atoms with E-state index in [0.29, 0.717) is 5.92 Å². The van der Waals surface area contributed by atoms with Crippen LogP contribution in [0, 0.1) is 11.8 Å². The molecule has 2 fully saturated rings. The van der Waals surface area contributed by atoms with E-state index >= 15 is 0 Å². The maximum Gasteiger partial charge on any atom is 0.126 e. The van der Waals surface area contributed by atoms with Crippen LogP contribution in [0.2, 0.25) is 0 Å². The third kappa shape index (κ3) is 5.54. The Labute approximate surface area is 186 Å². The maximum atomic E-state index is 5.97. The molecule has 0 aromatic heterocycles. The Kier molecular flexibility index (Phi) is 8.54. The predicted octanol–water partition coefficient (Wildman–Crippen LogP) is 8.42. The van der Waals surface area contributed by atoms with Gasteiger partial charge in [-0.05, 0) is 73.0 Å². The summed E-state index contributed by atoms with van der Waals surface area (Å²) in [5.41, 5.74) is 2.83. The van der Waals surface area contributed by atoms with Crippen molar-refractivity contribution in [1.82, 2.24) is 0 Å². The molecule has 3 rings (SSSR count). The summed E-state index contributed by atoms with van der Waals surface area (Å²) < 4.78 is 11.9. The Bertz CT molecular complexity index is 624. The van der Waals surface area contributed by atoms with E-state index in [1.807, 2.05) is 14.2 Å². The van der Waals surface area contributed by atoms with Crippen LogP contribution in [0.3, 0.4) is 0 Å². The van der Waals surface area contributed by atoms with Gasteiger partial charge in [-0.1, -0.05) is 72.1 Å². The molecule has 0 spiro atoms. The van der Waals surface area contributed by atoms with Crippen molar-refractivity contribution in [2.45, 2.75) is 116 Å². The lowest BCUT2D eigenvalue weighted by molar-refractivity contribution is 0.184. The van der Waals surface area contributed by atoms with E-state index in [4.69, 9.17) is 9.47 Å². The van der Waals surface area contributed by atoms with E-state index in [1.165, 1.54) is 94.6 Å². The monoisotopic (exact) mass is 414 g/mol. The van der Waals surface area contributed by atoms with Crippen LogP contribution >= 0.6 is 0 Å². The summed E-state index contributed by atoms with van der Waals surface area (Å²) in [6.45, 7) is 7.01. The van der Waals surface area contributed by atoms with E-state index in [1.54, 1.807) is 0 Å². The summed E-state index contributed by atoms with van der Waals surface area (Å²) in [6.07, 6.45) is 17.7. The largest absolute Gasteiger partial charge is 0.496 e. The minimum Gasteiger partial charge on any atom is -0.496 e. The Balaban J connectivity index is 1.76. The number of ether oxygens (including phenoxy) is 2. The number of benzene rings is 1. The van der Waals surface area contributed by atoms with Crippen molar-refractivity contribution < 1.29 is 9.47 Å². The number of rotatable bonds is 9. The Morgan fingerprint density at radius 3 is 1.90 bits per heavy atom. The molecule has 0 aliphatic heterocycles. The molecule has 170 valence electrons. The molecule has 1 aromatic carbocycles. The van der Waals surface area contributed by atoms with Crippen LogP contribution in [0.5, 0.6) is 11.5 Å². The normalized spacial score (nSPS) is 23.4. The Morgan fingerprint density at radius 1 is 0.800 bits per heavy atom. The summed E-state index contributed by atoms with van der Waals surface area (Å²) >= 11 is 0. The predicted molar refractivity (Wildman–Crippen MR) is 128 cm³/mol. The molecule has 0 heterocycles. The van der Waals surface area contributed by atoms with Crippen LogP contribution in [0.15, 0.2) is 12.1 Å². The number of hydrogen-bond acceptors (Lipinski definition) is 2. The second kappa shape index (κ2) is 10.9. The van der Waals surface area contributed by atoms with Crippen LogP contribution in [-0.4, -0.2) is 14.2 Å². The molecule has 0 atom stereocenters. The van der Waals surface area contributed by atoms with Crippen molar-refractivity contribution in [2.75, 3.05) is 14.2 Å². The molecule has 0 radical (unpaired) electrons. The molecule has 0 saturated heterocycles. The highest BCUT2D eigenvalue weighted by molar-refractivity contribution is 5.52. The van der Waals surface area contributed by atoms with Crippen LogP contribution in [-0.2, 0) is 5.41 Å². The molecular weight excluding hydrogens is 368 g/mol. The molecule has 0 amide bonds. The summed E-state index contributed by atoms with van der Waals surface area (Å²) in [5.74, 6) is 4.63. The Morgan fingerprint density at radius 2 is 1.37 bits per heavy atom. The fourth-order valence-corrected chi connectivity index (χ4v) is 6.18. The van der Waals surface area contributed by atoms with Gasteiger partial charge in [0, 0.05) is 5.56 Å². The molecule has 0 bridgehead atoms. The standard InChI is InChI=1S/C28H46O2/c1-6-7-11-18-28(2,3)24-19-25(29-4)27(26(20-24)30-5)23-16-14-22(15-17-23)21-12-9-8-10-13-21/h19-23H,6-18H2,1-5H3. The Hall–Kier alpha value is -1.18. The first-order valence-electron chi connectivity index (χ1n) is 12.8. The minimum atomic E-state index is 0.146. The molecule has 2 nitrogen and oxygen atoms in total. The van der Waals surface area contributed by atoms with Crippen molar-refractivity contribution in [3.8, 4) is 11.5 Å². The molecule has 2 heteroatoms. The van der Waals surface area contributed by atoms with Gasteiger partial charge >= 0.3 is 0 Å². The lowest BCUT2D eigenvalue weighted by Gasteiger charge is -2.37. The van der Waals surface area contributed by atoms with E-state index < -0.39 is 0 Å². The van der Waals surface area contributed by atoms with Gasteiger partial charge in [-0.3, -0.25) is 0 Å². The van der Waals surface area contributed by atoms with E-state index in [0.717, 1.165) is 23.3 Å². The molecule has 2 aliphatic carbocycles. The van der Waals surface area contributed by atoms with Crippen molar-refractivity contribution >= 4 is 0 Å². The molecular formula is C28H46O2. The molecule has 2 aliphatic rings. The van der Waals surface area contributed by atoms with Gasteiger partial charge in [0.05, 0.1) is 14.2 Å². The third-order valence-electron chi connectivity index (χ3n) is 8.23. The lowest BCUT2D eigenvalue weighted by Crippen LogP contribution is -2.23. The number of unbranched alkanes of at least 4 members (excludes halogenated alkanes) is 2. The van der Waals surface area contributed by atoms with E-state index in [9.17, 15) is 0 Å². The second-order valence-electron chi connectivity index (χ2n) is 10.6. The molecule has 0 unspecified atom stereocenters. The third-order valence-corrected chi connectivity index (χ3v) is 8.23. The first kappa shape index (κ1) is 23.5. The maximum absolute atomic E-state index is 5.97. The molecule has 1 aromatic rings. The van der Waals surface area contributed by atoms with Crippen LogP contribution in [0.1, 0.15) is 121 Å². The van der Waals surface area contributed by atoms with Crippen molar-refractivity contribution in [3.63, 3.8) is 0 Å². The van der Waals surface area contributed by atoms with Gasteiger partial charge in [0.25, 0.3) is 0 Å². The van der Waals surface area contributed by atoms with Crippen molar-refractivity contribution in [2.24, 2.45) is 11.8 Å². The van der Waals surface area contributed by atoms with Crippen LogP contribution in [0.25, 0.3) is 0 Å². The second-order valence-corrected chi connectivity index (χ2v) is 10.6. The zero-order chi connectivity index (χ0) is 21.6. The smallest absolute Gasteiger partial charge is 0.126 e. The number of hydrogen-bond donors (Lipinski definition) is 0. The number of methoxy groups -OCH3 is 2. The first-order chi connectivity index (χ1) is 14.5. The van der Waals surface area contributed by atoms with E-state index in [2.05, 4.69) is 32.9 Å².